The number of carbonyl (C=O) groups is 2. The molecule has 0 fully saturated rings. The molecule has 0 heterocycles. The quantitative estimate of drug-likeness (QED) is 0.682. The van der Waals surface area contributed by atoms with E-state index in [1.807, 2.05) is 24.3 Å². The third-order valence-corrected chi connectivity index (χ3v) is 3.15. The zero-order chi connectivity index (χ0) is 17.8. The molecule has 5 heteroatoms. The molecule has 0 aliphatic rings. The molecule has 0 spiro atoms. The van der Waals surface area contributed by atoms with E-state index in [4.69, 9.17) is 10.5 Å². The van der Waals surface area contributed by atoms with Crippen molar-refractivity contribution in [1.82, 2.24) is 0 Å². The number of ether oxygens (including phenoxy) is 2. The summed E-state index contributed by atoms with van der Waals surface area (Å²) in [5.74, 6) is -0.792. The second-order valence-corrected chi connectivity index (χ2v) is 7.64. The molecule has 128 valence electrons. The average Bonchev–Trinajstić information content (AvgIpc) is 2.35. The molecule has 1 aromatic rings. The molecule has 0 radical (unpaired) electrons. The van der Waals surface area contributed by atoms with Crippen molar-refractivity contribution in [2.24, 2.45) is 5.73 Å². The van der Waals surface area contributed by atoms with Gasteiger partial charge in [0.05, 0.1) is 0 Å². The lowest BCUT2D eigenvalue weighted by atomic mass is 9.86. The lowest BCUT2D eigenvalue weighted by Gasteiger charge is -2.20. The van der Waals surface area contributed by atoms with E-state index in [1.54, 1.807) is 20.8 Å². The third kappa shape index (κ3) is 6.82. The SMILES string of the molecule is CC(C)(C)OC(=O)OC(=O)C(N)Cc1ccc(C(C)(C)C)cc1. The van der Waals surface area contributed by atoms with Crippen LogP contribution in [0.3, 0.4) is 0 Å². The lowest BCUT2D eigenvalue weighted by molar-refractivity contribution is -0.142. The highest BCUT2D eigenvalue weighted by molar-refractivity contribution is 5.85. The van der Waals surface area contributed by atoms with Crippen LogP contribution in [0.4, 0.5) is 4.79 Å². The molecule has 0 aliphatic heterocycles. The van der Waals surface area contributed by atoms with Crippen LogP contribution >= 0.6 is 0 Å². The first-order valence-electron chi connectivity index (χ1n) is 7.68. The van der Waals surface area contributed by atoms with Gasteiger partial charge in [0.1, 0.15) is 11.6 Å². The monoisotopic (exact) mass is 321 g/mol. The average molecular weight is 321 g/mol. The second-order valence-electron chi connectivity index (χ2n) is 7.64. The van der Waals surface area contributed by atoms with Gasteiger partial charge in [-0.3, -0.25) is 0 Å². The summed E-state index contributed by atoms with van der Waals surface area (Å²) >= 11 is 0. The van der Waals surface area contributed by atoms with E-state index in [9.17, 15) is 9.59 Å². The zero-order valence-corrected chi connectivity index (χ0v) is 14.8. The maximum Gasteiger partial charge on any atom is 0.516 e. The van der Waals surface area contributed by atoms with E-state index in [0.717, 1.165) is 5.56 Å². The number of rotatable bonds is 3. The van der Waals surface area contributed by atoms with Crippen LogP contribution < -0.4 is 5.73 Å². The Bertz CT molecular complexity index is 550. The summed E-state index contributed by atoms with van der Waals surface area (Å²) in [7, 11) is 0. The van der Waals surface area contributed by atoms with Gasteiger partial charge in [-0.1, -0.05) is 45.0 Å². The minimum absolute atomic E-state index is 0.0658. The third-order valence-electron chi connectivity index (χ3n) is 3.15. The molecule has 1 unspecified atom stereocenters. The fraction of sp³-hybridized carbons (Fsp3) is 0.556. The van der Waals surface area contributed by atoms with Crippen LogP contribution in [0.1, 0.15) is 52.7 Å². The van der Waals surface area contributed by atoms with Crippen molar-refractivity contribution < 1.29 is 19.1 Å². The minimum Gasteiger partial charge on any atom is -0.428 e. The van der Waals surface area contributed by atoms with Crippen LogP contribution in [-0.2, 0) is 26.1 Å². The van der Waals surface area contributed by atoms with Gasteiger partial charge in [-0.05, 0) is 43.7 Å². The Hall–Kier alpha value is -1.88. The Morgan fingerprint density at radius 3 is 2.00 bits per heavy atom. The summed E-state index contributed by atoms with van der Waals surface area (Å²) in [6.07, 6.45) is -0.729. The van der Waals surface area contributed by atoms with Crippen molar-refractivity contribution in [1.29, 1.82) is 0 Å². The zero-order valence-electron chi connectivity index (χ0n) is 14.8. The molecule has 0 saturated carbocycles. The lowest BCUT2D eigenvalue weighted by Crippen LogP contribution is -2.37. The van der Waals surface area contributed by atoms with Crippen LogP contribution in [0, 0.1) is 0 Å². The largest absolute Gasteiger partial charge is 0.516 e. The van der Waals surface area contributed by atoms with Gasteiger partial charge in [-0.2, -0.15) is 0 Å². The van der Waals surface area contributed by atoms with Crippen LogP contribution in [-0.4, -0.2) is 23.8 Å². The first-order valence-corrected chi connectivity index (χ1v) is 7.68. The Kier molecular flexibility index (Phi) is 5.94. The van der Waals surface area contributed by atoms with Gasteiger partial charge in [0.25, 0.3) is 0 Å². The Balaban J connectivity index is 2.60. The van der Waals surface area contributed by atoms with Gasteiger partial charge in [0.2, 0.25) is 0 Å². The number of esters is 1. The smallest absolute Gasteiger partial charge is 0.428 e. The van der Waals surface area contributed by atoms with E-state index in [2.05, 4.69) is 25.5 Å². The molecule has 5 nitrogen and oxygen atoms in total. The minimum atomic E-state index is -1.03. The van der Waals surface area contributed by atoms with E-state index in [1.165, 1.54) is 5.56 Å². The molecule has 0 bridgehead atoms. The van der Waals surface area contributed by atoms with E-state index in [-0.39, 0.29) is 5.41 Å². The van der Waals surface area contributed by atoms with Crippen molar-refractivity contribution in [2.45, 2.75) is 65.0 Å². The summed E-state index contributed by atoms with van der Waals surface area (Å²) < 4.78 is 9.54. The number of hydrogen-bond acceptors (Lipinski definition) is 5. The summed E-state index contributed by atoms with van der Waals surface area (Å²) in [4.78, 5) is 23.3. The Morgan fingerprint density at radius 2 is 1.57 bits per heavy atom. The highest BCUT2D eigenvalue weighted by Crippen LogP contribution is 2.22. The van der Waals surface area contributed by atoms with Crippen LogP contribution in [0.15, 0.2) is 24.3 Å². The molecule has 1 rings (SSSR count). The molecular weight excluding hydrogens is 294 g/mol. The number of nitrogens with two attached hydrogens (primary N) is 1. The number of carbonyl (C=O) groups excluding carboxylic acids is 2. The topological polar surface area (TPSA) is 78.6 Å². The molecule has 2 N–H and O–H groups in total. The molecular formula is C18H27NO4. The summed E-state index contributed by atoms with van der Waals surface area (Å²) in [6.45, 7) is 11.5. The summed E-state index contributed by atoms with van der Waals surface area (Å²) in [6, 6.07) is 6.98. The van der Waals surface area contributed by atoms with Gasteiger partial charge in [-0.25, -0.2) is 9.59 Å². The molecule has 1 atom stereocenters. The van der Waals surface area contributed by atoms with Crippen molar-refractivity contribution in [2.75, 3.05) is 0 Å². The first-order chi connectivity index (χ1) is 10.4. The van der Waals surface area contributed by atoms with Crippen LogP contribution in [0.5, 0.6) is 0 Å². The van der Waals surface area contributed by atoms with Crippen molar-refractivity contribution >= 4 is 12.1 Å². The second kappa shape index (κ2) is 7.13. The molecule has 0 aromatic heterocycles. The van der Waals surface area contributed by atoms with Gasteiger partial charge in [0.15, 0.2) is 0 Å². The predicted molar refractivity (Wildman–Crippen MR) is 89.1 cm³/mol. The molecule has 0 saturated heterocycles. The fourth-order valence-electron chi connectivity index (χ4n) is 1.91. The normalized spacial score (nSPS) is 13.3. The highest BCUT2D eigenvalue weighted by Gasteiger charge is 2.24. The number of hydrogen-bond donors (Lipinski definition) is 1. The van der Waals surface area contributed by atoms with Crippen LogP contribution in [0.2, 0.25) is 0 Å². The van der Waals surface area contributed by atoms with Gasteiger partial charge in [-0.15, -0.1) is 0 Å². The van der Waals surface area contributed by atoms with Crippen LogP contribution in [0.25, 0.3) is 0 Å². The van der Waals surface area contributed by atoms with E-state index in [0.29, 0.717) is 6.42 Å². The molecule has 1 aromatic carbocycles. The van der Waals surface area contributed by atoms with Gasteiger partial charge in [0, 0.05) is 0 Å². The summed E-state index contributed by atoms with van der Waals surface area (Å²) in [5.41, 5.74) is 7.26. The first kappa shape index (κ1) is 19.2. The van der Waals surface area contributed by atoms with Crippen molar-refractivity contribution in [3.8, 4) is 0 Å². The maximum atomic E-state index is 11.8. The summed E-state index contributed by atoms with van der Waals surface area (Å²) in [5, 5.41) is 0. The van der Waals surface area contributed by atoms with E-state index >= 15 is 0 Å². The molecule has 0 amide bonds. The Morgan fingerprint density at radius 1 is 1.04 bits per heavy atom. The molecule has 0 aliphatic carbocycles. The number of benzene rings is 1. The van der Waals surface area contributed by atoms with Crippen molar-refractivity contribution in [3.05, 3.63) is 35.4 Å². The van der Waals surface area contributed by atoms with E-state index < -0.39 is 23.8 Å². The van der Waals surface area contributed by atoms with Gasteiger partial charge < -0.3 is 15.2 Å². The maximum absolute atomic E-state index is 11.8. The highest BCUT2D eigenvalue weighted by atomic mass is 16.7. The standard InChI is InChI=1S/C18H27NO4/c1-17(2,3)13-9-7-12(8-10-13)11-14(19)15(20)22-16(21)23-18(4,5)6/h7-10,14H,11,19H2,1-6H3. The van der Waals surface area contributed by atoms with Crippen molar-refractivity contribution in [3.63, 3.8) is 0 Å². The predicted octanol–water partition coefficient (Wildman–Crippen LogP) is 3.33. The molecule has 23 heavy (non-hydrogen) atoms. The van der Waals surface area contributed by atoms with Gasteiger partial charge >= 0.3 is 12.1 Å². The fourth-order valence-corrected chi connectivity index (χ4v) is 1.91. The Labute approximate surface area is 138 Å².